The minimum absolute atomic E-state index is 0.336. The van der Waals surface area contributed by atoms with Gasteiger partial charge in [-0.1, -0.05) is 71.9 Å². The van der Waals surface area contributed by atoms with Gasteiger partial charge in [-0.25, -0.2) is 15.0 Å². The van der Waals surface area contributed by atoms with Crippen LogP contribution in [-0.4, -0.2) is 32.4 Å². The second-order valence-corrected chi connectivity index (χ2v) is 12.6. The van der Waals surface area contributed by atoms with Gasteiger partial charge in [0.1, 0.15) is 17.0 Å². The van der Waals surface area contributed by atoms with E-state index in [-0.39, 0.29) is 0 Å². The molecule has 8 heteroatoms. The number of benzene rings is 2. The van der Waals surface area contributed by atoms with Crippen LogP contribution in [0.25, 0.3) is 27.9 Å². The fourth-order valence-electron chi connectivity index (χ4n) is 6.61. The highest BCUT2D eigenvalue weighted by Crippen LogP contribution is 2.47. The molecule has 8 rings (SSSR count). The lowest BCUT2D eigenvalue weighted by Gasteiger charge is -2.39. The van der Waals surface area contributed by atoms with Gasteiger partial charge in [0.15, 0.2) is 11.5 Å². The van der Waals surface area contributed by atoms with E-state index in [4.69, 9.17) is 27.3 Å². The molecule has 1 saturated heterocycles. The van der Waals surface area contributed by atoms with Crippen molar-refractivity contribution in [2.24, 2.45) is 5.41 Å². The van der Waals surface area contributed by atoms with E-state index in [2.05, 4.69) is 74.9 Å². The average Bonchev–Trinajstić information content (AvgIpc) is 3.68. The first-order valence-corrected chi connectivity index (χ1v) is 14.9. The Morgan fingerprint density at radius 3 is 2.52 bits per heavy atom. The van der Waals surface area contributed by atoms with Gasteiger partial charge in [-0.2, -0.15) is 0 Å². The first kappa shape index (κ1) is 24.0. The van der Waals surface area contributed by atoms with Crippen molar-refractivity contribution < 1.29 is 0 Å². The fraction of sp³-hybridized carbons (Fsp3) is 0.219. The summed E-state index contributed by atoms with van der Waals surface area (Å²) in [6.45, 7) is 2.01. The summed E-state index contributed by atoms with van der Waals surface area (Å²) in [5.41, 5.74) is 14.8. The Hall–Kier alpha value is -3.81. The Morgan fingerprint density at radius 1 is 0.850 bits per heavy atom. The number of hydrogen-bond donors (Lipinski definition) is 1. The summed E-state index contributed by atoms with van der Waals surface area (Å²) < 4.78 is 2.16. The topological polar surface area (TPSA) is 72.3 Å². The summed E-state index contributed by atoms with van der Waals surface area (Å²) in [5.74, 6) is 1.37. The minimum Gasteiger partial charge on any atom is -0.382 e. The van der Waals surface area contributed by atoms with E-state index in [9.17, 15) is 0 Å². The maximum absolute atomic E-state index is 6.42. The summed E-state index contributed by atoms with van der Waals surface area (Å²) in [7, 11) is 0. The van der Waals surface area contributed by atoms with E-state index >= 15 is 0 Å². The van der Waals surface area contributed by atoms with Crippen molar-refractivity contribution >= 4 is 51.8 Å². The lowest BCUT2D eigenvalue weighted by atomic mass is 9.76. The molecule has 1 spiro atoms. The molecule has 2 N–H and O–H groups in total. The van der Waals surface area contributed by atoms with Gasteiger partial charge < -0.3 is 10.6 Å². The zero-order valence-corrected chi connectivity index (χ0v) is 23.4. The van der Waals surface area contributed by atoms with Gasteiger partial charge in [0.2, 0.25) is 0 Å². The summed E-state index contributed by atoms with van der Waals surface area (Å²) in [5, 5.41) is 0.473. The lowest BCUT2D eigenvalue weighted by molar-refractivity contribution is 0.232. The van der Waals surface area contributed by atoms with Crippen LogP contribution < -0.4 is 10.6 Å². The quantitative estimate of drug-likeness (QED) is 0.246. The van der Waals surface area contributed by atoms with Gasteiger partial charge in [-0.3, -0.25) is 4.40 Å². The molecule has 2 aliphatic rings. The van der Waals surface area contributed by atoms with Crippen molar-refractivity contribution in [2.45, 2.75) is 35.5 Å². The second kappa shape index (κ2) is 9.11. The Morgan fingerprint density at radius 2 is 1.68 bits per heavy atom. The number of aromatic nitrogens is 4. The molecule has 40 heavy (non-hydrogen) atoms. The van der Waals surface area contributed by atoms with Crippen LogP contribution in [0.3, 0.4) is 0 Å². The number of hydrogen-bond acceptors (Lipinski definition) is 6. The largest absolute Gasteiger partial charge is 0.382 e. The second-order valence-electron chi connectivity index (χ2n) is 11.1. The predicted octanol–water partition coefficient (Wildman–Crippen LogP) is 7.15. The van der Waals surface area contributed by atoms with Crippen molar-refractivity contribution in [1.82, 2.24) is 19.4 Å². The van der Waals surface area contributed by atoms with Gasteiger partial charge >= 0.3 is 0 Å². The molecule has 0 atom stereocenters. The van der Waals surface area contributed by atoms with E-state index in [0.717, 1.165) is 45.5 Å². The molecule has 1 aliphatic carbocycles. The summed E-state index contributed by atoms with van der Waals surface area (Å²) in [6, 6.07) is 23.8. The van der Waals surface area contributed by atoms with E-state index in [1.165, 1.54) is 47.9 Å². The number of rotatable bonds is 4. The van der Waals surface area contributed by atoms with E-state index in [1.807, 2.05) is 12.3 Å². The summed E-state index contributed by atoms with van der Waals surface area (Å²) >= 11 is 7.97. The number of piperidine rings is 1. The van der Waals surface area contributed by atoms with Crippen molar-refractivity contribution in [3.8, 4) is 11.1 Å². The molecule has 6 nitrogen and oxygen atoms in total. The van der Waals surface area contributed by atoms with Crippen LogP contribution in [0.1, 0.15) is 24.0 Å². The van der Waals surface area contributed by atoms with Gasteiger partial charge in [0.05, 0.1) is 16.1 Å². The standard InChI is InChI=1S/C32H27ClN6S/c33-28-25(10-13-35-29(28)34)40-26-8-9-27-37-30(24-19-36-31(26)39(24)27)38-14-11-32(12-15-38)17-22-7-6-21(16-23(22)18-32)20-4-2-1-3-5-20/h1-10,13,16,19H,11-12,14-15,17-18H2,(H2,34,35). The van der Waals surface area contributed by atoms with E-state index < -0.39 is 0 Å². The molecule has 5 heterocycles. The monoisotopic (exact) mass is 562 g/mol. The zero-order valence-electron chi connectivity index (χ0n) is 21.8. The lowest BCUT2D eigenvalue weighted by Crippen LogP contribution is -2.40. The highest BCUT2D eigenvalue weighted by Gasteiger charge is 2.40. The minimum atomic E-state index is 0.336. The maximum atomic E-state index is 6.42. The van der Waals surface area contributed by atoms with Crippen molar-refractivity contribution in [2.75, 3.05) is 23.7 Å². The van der Waals surface area contributed by atoms with Gasteiger partial charge in [-0.05, 0) is 71.6 Å². The van der Waals surface area contributed by atoms with Crippen LogP contribution in [0.2, 0.25) is 5.02 Å². The molecule has 4 aromatic heterocycles. The number of pyridine rings is 2. The molecule has 0 saturated carbocycles. The van der Waals surface area contributed by atoms with Crippen LogP contribution in [-0.2, 0) is 12.8 Å². The molecule has 6 aromatic rings. The van der Waals surface area contributed by atoms with Crippen LogP contribution in [0.4, 0.5) is 11.6 Å². The third kappa shape index (κ3) is 3.83. The summed E-state index contributed by atoms with van der Waals surface area (Å²) in [4.78, 5) is 18.3. The van der Waals surface area contributed by atoms with Gasteiger partial charge in [-0.15, -0.1) is 0 Å². The van der Waals surface area contributed by atoms with Crippen molar-refractivity contribution in [1.29, 1.82) is 0 Å². The van der Waals surface area contributed by atoms with E-state index in [1.54, 1.807) is 18.0 Å². The first-order valence-electron chi connectivity index (χ1n) is 13.7. The SMILES string of the molecule is Nc1nccc(Sc2ccc3nc(N4CCC5(CC4)Cc4ccc(-c6ccccc6)cc4C5)c4cnc2n34)c1Cl. The first-order chi connectivity index (χ1) is 19.6. The Balaban J connectivity index is 1.03. The van der Waals surface area contributed by atoms with Crippen molar-refractivity contribution in [3.63, 3.8) is 0 Å². The Bertz CT molecular complexity index is 1880. The molecule has 0 bridgehead atoms. The molecule has 2 aromatic carbocycles. The van der Waals surface area contributed by atoms with Crippen LogP contribution >= 0.6 is 23.4 Å². The number of nitrogens with zero attached hydrogens (tertiary/aromatic N) is 5. The van der Waals surface area contributed by atoms with Crippen LogP contribution in [0.15, 0.2) is 88.9 Å². The number of anilines is 2. The molecule has 1 aliphatic heterocycles. The highest BCUT2D eigenvalue weighted by atomic mass is 35.5. The Labute approximate surface area is 241 Å². The maximum Gasteiger partial charge on any atom is 0.157 e. The third-order valence-electron chi connectivity index (χ3n) is 8.71. The Kier molecular flexibility index (Phi) is 5.47. The smallest absolute Gasteiger partial charge is 0.157 e. The number of fused-ring (bicyclic) bond motifs is 1. The van der Waals surface area contributed by atoms with E-state index in [0.29, 0.717) is 16.3 Å². The normalized spacial score (nSPS) is 16.4. The number of nitrogens with two attached hydrogens (primary N) is 1. The molecule has 198 valence electrons. The van der Waals surface area contributed by atoms with Crippen LogP contribution in [0.5, 0.6) is 0 Å². The summed E-state index contributed by atoms with van der Waals surface area (Å²) in [6.07, 6.45) is 8.32. The fourth-order valence-corrected chi connectivity index (χ4v) is 7.77. The zero-order chi connectivity index (χ0) is 26.8. The molecule has 0 radical (unpaired) electrons. The molecule has 0 unspecified atom stereocenters. The number of nitrogen functional groups attached to an aromatic ring is 1. The molecular weight excluding hydrogens is 536 g/mol. The number of halogens is 1. The molecular formula is C32H27ClN6S. The average molecular weight is 563 g/mol. The highest BCUT2D eigenvalue weighted by molar-refractivity contribution is 7.99. The van der Waals surface area contributed by atoms with Gasteiger partial charge in [0, 0.05) is 24.2 Å². The van der Waals surface area contributed by atoms with Gasteiger partial charge in [0.25, 0.3) is 0 Å². The van der Waals surface area contributed by atoms with Crippen LogP contribution in [0, 0.1) is 5.41 Å². The third-order valence-corrected chi connectivity index (χ3v) is 10.3. The number of imidazole rings is 2. The van der Waals surface area contributed by atoms with Crippen molar-refractivity contribution in [3.05, 3.63) is 95.3 Å². The predicted molar refractivity (Wildman–Crippen MR) is 163 cm³/mol. The molecule has 1 fully saturated rings. The molecule has 0 amide bonds.